The Balaban J connectivity index is 1.98. The summed E-state index contributed by atoms with van der Waals surface area (Å²) in [6.45, 7) is 2.13. The van der Waals surface area contributed by atoms with Crippen molar-refractivity contribution in [2.75, 3.05) is 0 Å². The third-order valence-corrected chi connectivity index (χ3v) is 4.04. The molecular formula is C17H22O2. The van der Waals surface area contributed by atoms with Gasteiger partial charge in [-0.1, -0.05) is 56.5 Å². The van der Waals surface area contributed by atoms with E-state index in [9.17, 15) is 9.59 Å². The lowest BCUT2D eigenvalue weighted by Gasteiger charge is -2.26. The average Bonchev–Trinajstić information content (AvgIpc) is 2.43. The maximum absolute atomic E-state index is 12.2. The van der Waals surface area contributed by atoms with Crippen LogP contribution in [0.3, 0.4) is 0 Å². The first-order chi connectivity index (χ1) is 9.22. The molecule has 1 aliphatic carbocycles. The molecular weight excluding hydrogens is 236 g/mol. The Morgan fingerprint density at radius 2 is 1.63 bits per heavy atom. The molecule has 0 saturated heterocycles. The summed E-state index contributed by atoms with van der Waals surface area (Å²) >= 11 is 0. The topological polar surface area (TPSA) is 34.1 Å². The first-order valence-electron chi connectivity index (χ1n) is 7.32. The zero-order valence-electron chi connectivity index (χ0n) is 11.6. The SMILES string of the molecule is CCCCCC1C(=O)CC(c2ccccc2)CC1=O. The molecule has 1 aromatic carbocycles. The maximum atomic E-state index is 12.2. The summed E-state index contributed by atoms with van der Waals surface area (Å²) in [6, 6.07) is 9.93. The van der Waals surface area contributed by atoms with E-state index in [1.165, 1.54) is 0 Å². The summed E-state index contributed by atoms with van der Waals surface area (Å²) in [5.41, 5.74) is 1.12. The van der Waals surface area contributed by atoms with Crippen molar-refractivity contribution in [1.82, 2.24) is 0 Å². The van der Waals surface area contributed by atoms with Gasteiger partial charge in [-0.3, -0.25) is 9.59 Å². The van der Waals surface area contributed by atoms with Crippen LogP contribution >= 0.6 is 0 Å². The van der Waals surface area contributed by atoms with Gasteiger partial charge in [-0.15, -0.1) is 0 Å². The number of rotatable bonds is 5. The Bertz CT molecular complexity index is 418. The first-order valence-corrected chi connectivity index (χ1v) is 7.32. The van der Waals surface area contributed by atoms with E-state index in [-0.39, 0.29) is 23.4 Å². The summed E-state index contributed by atoms with van der Waals surface area (Å²) in [6.07, 6.45) is 5.06. The highest BCUT2D eigenvalue weighted by molar-refractivity contribution is 6.05. The van der Waals surface area contributed by atoms with E-state index in [2.05, 4.69) is 6.92 Å². The molecule has 0 aliphatic heterocycles. The molecule has 0 unspecified atom stereocenters. The smallest absolute Gasteiger partial charge is 0.143 e. The zero-order chi connectivity index (χ0) is 13.7. The van der Waals surface area contributed by atoms with Crippen LogP contribution in [0.15, 0.2) is 30.3 Å². The Morgan fingerprint density at radius 1 is 1.00 bits per heavy atom. The molecule has 102 valence electrons. The van der Waals surface area contributed by atoms with Crippen LogP contribution < -0.4 is 0 Å². The van der Waals surface area contributed by atoms with Crippen molar-refractivity contribution in [2.45, 2.75) is 51.4 Å². The van der Waals surface area contributed by atoms with Crippen LogP contribution in [0.25, 0.3) is 0 Å². The molecule has 1 saturated carbocycles. The molecule has 19 heavy (non-hydrogen) atoms. The normalized spacial score (nSPS) is 23.6. The van der Waals surface area contributed by atoms with Crippen molar-refractivity contribution in [3.8, 4) is 0 Å². The molecule has 0 atom stereocenters. The van der Waals surface area contributed by atoms with Crippen molar-refractivity contribution >= 4 is 11.6 Å². The standard InChI is InChI=1S/C17H22O2/c1-2-3-5-10-15-16(18)11-14(12-17(15)19)13-8-6-4-7-9-13/h4,6-9,14-15H,2-3,5,10-12H2,1H3. The predicted molar refractivity (Wildman–Crippen MR) is 76.1 cm³/mol. The van der Waals surface area contributed by atoms with Gasteiger partial charge in [0.05, 0.1) is 5.92 Å². The van der Waals surface area contributed by atoms with Crippen molar-refractivity contribution in [3.05, 3.63) is 35.9 Å². The van der Waals surface area contributed by atoms with Gasteiger partial charge in [-0.05, 0) is 17.9 Å². The number of unbranched alkanes of at least 4 members (excludes halogenated alkanes) is 2. The quantitative estimate of drug-likeness (QED) is 0.593. The fourth-order valence-electron chi connectivity index (χ4n) is 2.90. The van der Waals surface area contributed by atoms with Crippen molar-refractivity contribution in [3.63, 3.8) is 0 Å². The van der Waals surface area contributed by atoms with Crippen LogP contribution in [-0.4, -0.2) is 11.6 Å². The second-order valence-electron chi connectivity index (χ2n) is 5.50. The fourth-order valence-corrected chi connectivity index (χ4v) is 2.90. The highest BCUT2D eigenvalue weighted by atomic mass is 16.2. The summed E-state index contributed by atoms with van der Waals surface area (Å²) < 4.78 is 0. The molecule has 1 fully saturated rings. The number of benzene rings is 1. The van der Waals surface area contributed by atoms with Crippen LogP contribution in [0, 0.1) is 5.92 Å². The third-order valence-electron chi connectivity index (χ3n) is 4.04. The lowest BCUT2D eigenvalue weighted by molar-refractivity contribution is -0.136. The Kier molecular flexibility index (Phi) is 4.89. The van der Waals surface area contributed by atoms with Gasteiger partial charge in [0.15, 0.2) is 0 Å². The molecule has 2 nitrogen and oxygen atoms in total. The second kappa shape index (κ2) is 6.65. The largest absolute Gasteiger partial charge is 0.299 e. The van der Waals surface area contributed by atoms with Gasteiger partial charge in [-0.25, -0.2) is 0 Å². The van der Waals surface area contributed by atoms with Crippen LogP contribution in [0.1, 0.15) is 56.9 Å². The molecule has 2 rings (SSSR count). The van der Waals surface area contributed by atoms with Gasteiger partial charge in [0, 0.05) is 12.8 Å². The Labute approximate surface area is 115 Å². The first kappa shape index (κ1) is 14.0. The van der Waals surface area contributed by atoms with Crippen LogP contribution in [0.5, 0.6) is 0 Å². The van der Waals surface area contributed by atoms with Crippen molar-refractivity contribution < 1.29 is 9.59 Å². The number of ketones is 2. The summed E-state index contributed by atoms with van der Waals surface area (Å²) in [7, 11) is 0. The van der Waals surface area contributed by atoms with Crippen molar-refractivity contribution in [2.24, 2.45) is 5.92 Å². The van der Waals surface area contributed by atoms with Gasteiger partial charge in [0.2, 0.25) is 0 Å². The molecule has 1 aromatic rings. The number of hydrogen-bond acceptors (Lipinski definition) is 2. The van der Waals surface area contributed by atoms with Crippen LogP contribution in [-0.2, 0) is 9.59 Å². The lowest BCUT2D eigenvalue weighted by atomic mass is 9.75. The van der Waals surface area contributed by atoms with Crippen molar-refractivity contribution in [1.29, 1.82) is 0 Å². The van der Waals surface area contributed by atoms with E-state index in [4.69, 9.17) is 0 Å². The molecule has 2 heteroatoms. The Hall–Kier alpha value is -1.44. The summed E-state index contributed by atoms with van der Waals surface area (Å²) in [5.74, 6) is 0.0950. The molecule has 0 aromatic heterocycles. The summed E-state index contributed by atoms with van der Waals surface area (Å²) in [4.78, 5) is 24.3. The Morgan fingerprint density at radius 3 is 2.21 bits per heavy atom. The predicted octanol–water partition coefficient (Wildman–Crippen LogP) is 3.90. The minimum absolute atomic E-state index is 0.101. The number of carbonyl (C=O) groups is 2. The zero-order valence-corrected chi connectivity index (χ0v) is 11.6. The lowest BCUT2D eigenvalue weighted by Crippen LogP contribution is -2.32. The average molecular weight is 258 g/mol. The highest BCUT2D eigenvalue weighted by Crippen LogP contribution is 2.33. The van der Waals surface area contributed by atoms with E-state index < -0.39 is 0 Å². The second-order valence-corrected chi connectivity index (χ2v) is 5.50. The number of Topliss-reactive ketones (excluding diaryl/α,β-unsaturated/α-hetero) is 2. The number of carbonyl (C=O) groups excluding carboxylic acids is 2. The molecule has 0 bridgehead atoms. The van der Waals surface area contributed by atoms with E-state index in [0.717, 1.165) is 31.2 Å². The minimum atomic E-state index is -0.313. The van der Waals surface area contributed by atoms with E-state index in [1.54, 1.807) is 0 Å². The molecule has 1 aliphatic rings. The van der Waals surface area contributed by atoms with E-state index >= 15 is 0 Å². The number of hydrogen-bond donors (Lipinski definition) is 0. The van der Waals surface area contributed by atoms with Gasteiger partial charge in [0.25, 0.3) is 0 Å². The van der Waals surface area contributed by atoms with Crippen LogP contribution in [0.2, 0.25) is 0 Å². The monoisotopic (exact) mass is 258 g/mol. The molecule has 0 amide bonds. The molecule has 0 spiro atoms. The summed E-state index contributed by atoms with van der Waals surface area (Å²) in [5, 5.41) is 0. The highest BCUT2D eigenvalue weighted by Gasteiger charge is 2.35. The van der Waals surface area contributed by atoms with Gasteiger partial charge in [-0.2, -0.15) is 0 Å². The van der Waals surface area contributed by atoms with Gasteiger partial charge in [0.1, 0.15) is 11.6 Å². The minimum Gasteiger partial charge on any atom is -0.299 e. The molecule has 0 radical (unpaired) electrons. The van der Waals surface area contributed by atoms with Gasteiger partial charge >= 0.3 is 0 Å². The fraction of sp³-hybridized carbons (Fsp3) is 0.529. The van der Waals surface area contributed by atoms with Gasteiger partial charge < -0.3 is 0 Å². The molecule has 0 heterocycles. The molecule has 0 N–H and O–H groups in total. The maximum Gasteiger partial charge on any atom is 0.143 e. The van der Waals surface area contributed by atoms with Crippen LogP contribution in [0.4, 0.5) is 0 Å². The van der Waals surface area contributed by atoms with E-state index in [0.29, 0.717) is 12.8 Å². The van der Waals surface area contributed by atoms with E-state index in [1.807, 2.05) is 30.3 Å². The third kappa shape index (κ3) is 3.52.